The summed E-state index contributed by atoms with van der Waals surface area (Å²) in [5.41, 5.74) is 43.4. The topological polar surface area (TPSA) is 378 Å². The Hall–Kier alpha value is -13.1. The summed E-state index contributed by atoms with van der Waals surface area (Å²) in [6.45, 7) is 7.85. The first-order valence-electron chi connectivity index (χ1n) is 43.9. The van der Waals surface area contributed by atoms with Crippen LogP contribution in [-0.4, -0.2) is 183 Å². The summed E-state index contributed by atoms with van der Waals surface area (Å²) in [5, 5.41) is 19.8. The first-order valence-corrected chi connectivity index (χ1v) is 43.9. The molecule has 13 rings (SSSR count). The molecule has 660 valence electrons. The second kappa shape index (κ2) is 49.4. The van der Waals surface area contributed by atoms with Gasteiger partial charge >= 0.3 is 0 Å². The number of amides is 6. The van der Waals surface area contributed by atoms with Gasteiger partial charge in [0.1, 0.15) is 5.82 Å². The van der Waals surface area contributed by atoms with E-state index in [1.165, 1.54) is 46.0 Å². The van der Waals surface area contributed by atoms with E-state index in [0.29, 0.717) is 147 Å². The number of benzene rings is 9. The van der Waals surface area contributed by atoms with Crippen molar-refractivity contribution in [3.63, 3.8) is 0 Å². The Balaban J connectivity index is 0.000000183. The molecule has 8 atom stereocenters. The minimum atomic E-state index is -0.446. The number of nitrogens with zero attached hydrogens (tertiary/aromatic N) is 6. The minimum absolute atomic E-state index is 0.0165. The van der Waals surface area contributed by atoms with E-state index >= 15 is 0 Å². The van der Waals surface area contributed by atoms with Crippen LogP contribution in [0, 0.1) is 11.7 Å². The van der Waals surface area contributed by atoms with Crippen molar-refractivity contribution >= 4 is 65.5 Å². The molecule has 6 amide bonds. The van der Waals surface area contributed by atoms with Crippen LogP contribution >= 0.6 is 0 Å². The molecule has 4 aliphatic rings. The molecule has 3 heterocycles. The molecule has 0 radical (unpaired) electrons. The van der Waals surface area contributed by atoms with E-state index in [4.69, 9.17) is 34.4 Å². The Kier molecular flexibility index (Phi) is 36.7. The quantitative estimate of drug-likeness (QED) is 0.00751. The summed E-state index contributed by atoms with van der Waals surface area (Å²) in [5.74, 6) is 0.0452. The molecule has 0 aromatic heterocycles. The van der Waals surface area contributed by atoms with Crippen LogP contribution in [0.1, 0.15) is 145 Å². The van der Waals surface area contributed by atoms with E-state index in [2.05, 4.69) is 132 Å². The SMILES string of the molecule is C/C(=C\c1ccccc1)C(=O)NC[C@@H]1CCN(CC(c2ccccc2)c2ccccc2)C(=O)[C@H](CCCN=C(N)N)N1.NC(N)=NCCC[C@@H]1N[C@H](CNC(=O)/C=C/c2cccc(F)c2)CCN(CC(c2ccccc2)c2ccccc2)C1=O.NC(N)=NCCC[C@@H]1N[C@H](CNC(=O)C2CC2c2ccccc2)CCN(CC(c2ccccc2)c2ccccc2)C1=O. The molecule has 126 heavy (non-hydrogen) atoms. The van der Waals surface area contributed by atoms with E-state index in [9.17, 15) is 33.2 Å². The summed E-state index contributed by atoms with van der Waals surface area (Å²) in [7, 11) is 0. The van der Waals surface area contributed by atoms with Gasteiger partial charge in [-0.1, -0.05) is 255 Å². The van der Waals surface area contributed by atoms with Crippen molar-refractivity contribution in [2.24, 2.45) is 55.3 Å². The molecule has 4 fully saturated rings. The molecule has 9 aromatic rings. The van der Waals surface area contributed by atoms with E-state index < -0.39 is 12.1 Å². The van der Waals surface area contributed by atoms with Gasteiger partial charge in [0.25, 0.3) is 0 Å². The summed E-state index contributed by atoms with van der Waals surface area (Å²) in [4.78, 5) is 98.4. The van der Waals surface area contributed by atoms with Gasteiger partial charge in [-0.25, -0.2) is 4.39 Å². The largest absolute Gasteiger partial charge is 0.370 e. The molecule has 24 nitrogen and oxygen atoms in total. The molecule has 18 N–H and O–H groups in total. The Labute approximate surface area is 740 Å². The van der Waals surface area contributed by atoms with E-state index in [0.717, 1.165) is 29.5 Å². The zero-order valence-electron chi connectivity index (χ0n) is 72.0. The lowest BCUT2D eigenvalue weighted by Crippen LogP contribution is -2.49. The first-order chi connectivity index (χ1) is 61.3. The summed E-state index contributed by atoms with van der Waals surface area (Å²) in [6, 6.07) is 86.4. The highest BCUT2D eigenvalue weighted by atomic mass is 19.1. The number of guanidine groups is 3. The fourth-order valence-corrected chi connectivity index (χ4v) is 16.6. The van der Waals surface area contributed by atoms with Gasteiger partial charge in [0.2, 0.25) is 35.4 Å². The van der Waals surface area contributed by atoms with Crippen molar-refractivity contribution < 1.29 is 33.2 Å². The summed E-state index contributed by atoms with van der Waals surface area (Å²) >= 11 is 0. The van der Waals surface area contributed by atoms with Gasteiger partial charge in [-0.2, -0.15) is 0 Å². The molecule has 0 bridgehead atoms. The second-order valence-electron chi connectivity index (χ2n) is 32.6. The third kappa shape index (κ3) is 30.1. The zero-order valence-corrected chi connectivity index (χ0v) is 72.0. The summed E-state index contributed by atoms with van der Waals surface area (Å²) < 4.78 is 13.4. The molecule has 1 aliphatic carbocycles. The van der Waals surface area contributed by atoms with Crippen molar-refractivity contribution in [2.45, 2.75) is 131 Å². The standard InChI is InChI=1S/2C34H42N6O2.C33H39FN6O2/c35-34(36)37-19-10-17-31-33(42)40(23-30(25-13-6-2-7-14-25)26-15-8-3-9-16-26)20-18-27(39-31)22-38-32(41)29-21-28(29)24-11-4-1-5-12-24;1-25(22-26-12-5-2-6-13-26)32(41)38-23-29-19-21-40(33(42)31(39-29)18-11-20-37-34(35)36)24-30(27-14-7-3-8-15-27)28-16-9-4-10-17-28;34-27-14-7-9-24(21-27)16-17-31(41)38-22-28-18-20-40(32(42)30(39-28)15-8-19-37-33(35)36)23-29(25-10-3-1-4-11-25)26-12-5-2-6-13-26/h1-9,11-16,27-31,39H,10,17-23H2,(H,38,41)(H4,35,36,37);2-10,12-17,22,29-31,39H,11,18-21,23-24H2,1H3,(H,38,41)(H4,35,36,37);1-7,9-14,16-17,21,28-30,39H,8,15,18-20,22-23H2,(H,38,41)(H4,35,36,37)/b;25-22+;17-16+/t27-,28?,29?,31-;29-,31-;28-,30-/m000/s1. The molecule has 0 spiro atoms. The van der Waals surface area contributed by atoms with Gasteiger partial charge in [0.15, 0.2) is 17.9 Å². The van der Waals surface area contributed by atoms with Crippen molar-refractivity contribution in [1.82, 2.24) is 46.6 Å². The molecular formula is C101H123FN18O6. The number of rotatable bonds is 36. The van der Waals surface area contributed by atoms with Gasteiger partial charge in [-0.05, 0) is 151 Å². The van der Waals surface area contributed by atoms with Gasteiger partial charge < -0.3 is 81.0 Å². The van der Waals surface area contributed by atoms with Crippen molar-refractivity contribution in [1.29, 1.82) is 0 Å². The third-order valence-electron chi connectivity index (χ3n) is 23.4. The number of carbonyl (C=O) groups excluding carboxylic acids is 6. The lowest BCUT2D eigenvalue weighted by molar-refractivity contribution is -0.133. The van der Waals surface area contributed by atoms with Crippen LogP contribution in [0.4, 0.5) is 4.39 Å². The number of hydrogen-bond donors (Lipinski definition) is 12. The number of halogens is 1. The highest BCUT2D eigenvalue weighted by molar-refractivity contribution is 5.97. The van der Waals surface area contributed by atoms with Crippen LogP contribution in [0.3, 0.4) is 0 Å². The fraction of sp³-hybridized carbons (Fsp3) is 0.337. The predicted molar refractivity (Wildman–Crippen MR) is 501 cm³/mol. The normalized spacial score (nSPS) is 18.9. The molecule has 3 saturated heterocycles. The average molecular weight is 1700 g/mol. The second-order valence-corrected chi connectivity index (χ2v) is 32.6. The fourth-order valence-electron chi connectivity index (χ4n) is 16.6. The maximum absolute atomic E-state index is 14.0. The Morgan fingerprint density at radius 2 is 0.754 bits per heavy atom. The third-order valence-corrected chi connectivity index (χ3v) is 23.4. The molecule has 2 unspecified atom stereocenters. The van der Waals surface area contributed by atoms with Crippen LogP contribution in [0.5, 0.6) is 0 Å². The zero-order chi connectivity index (χ0) is 88.8. The van der Waals surface area contributed by atoms with Crippen LogP contribution in [0.2, 0.25) is 0 Å². The molecule has 25 heteroatoms. The lowest BCUT2D eigenvalue weighted by atomic mass is 9.90. The summed E-state index contributed by atoms with van der Waals surface area (Å²) in [6.07, 6.45) is 11.6. The smallest absolute Gasteiger partial charge is 0.246 e. The highest BCUT2D eigenvalue weighted by Gasteiger charge is 2.44. The monoisotopic (exact) mass is 1700 g/mol. The maximum Gasteiger partial charge on any atom is 0.246 e. The van der Waals surface area contributed by atoms with Crippen LogP contribution < -0.4 is 66.3 Å². The van der Waals surface area contributed by atoms with E-state index in [1.807, 2.05) is 185 Å². The van der Waals surface area contributed by atoms with Crippen molar-refractivity contribution in [3.8, 4) is 0 Å². The molecule has 1 saturated carbocycles. The Bertz CT molecular complexity index is 4910. The molecule has 9 aromatic carbocycles. The van der Waals surface area contributed by atoms with Crippen LogP contribution in [-0.2, 0) is 28.8 Å². The number of carbonyl (C=O) groups is 6. The highest BCUT2D eigenvalue weighted by Crippen LogP contribution is 2.47. The molecular weight excluding hydrogens is 1580 g/mol. The average Bonchev–Trinajstić information content (AvgIpc) is 1.63. The Morgan fingerprint density at radius 1 is 0.429 bits per heavy atom. The van der Waals surface area contributed by atoms with Crippen LogP contribution in [0.25, 0.3) is 12.2 Å². The van der Waals surface area contributed by atoms with Gasteiger partial charge in [0.05, 0.1) is 18.1 Å². The minimum Gasteiger partial charge on any atom is -0.370 e. The number of nitrogens with one attached hydrogen (secondary N) is 6. The number of hydrogen-bond acceptors (Lipinski definition) is 12. The maximum atomic E-state index is 14.0. The van der Waals surface area contributed by atoms with Gasteiger partial charge in [-0.15, -0.1) is 0 Å². The lowest BCUT2D eigenvalue weighted by Gasteiger charge is -2.29. The number of aliphatic imine (C=N–C) groups is 3. The number of nitrogens with two attached hydrogens (primary N) is 6. The predicted octanol–water partition coefficient (Wildman–Crippen LogP) is 10.4. The Morgan fingerprint density at radius 3 is 1.10 bits per heavy atom. The molecule has 3 aliphatic heterocycles. The first kappa shape index (κ1) is 93.6. The van der Waals surface area contributed by atoms with E-state index in [1.54, 1.807) is 18.2 Å². The van der Waals surface area contributed by atoms with Gasteiger partial charge in [-0.3, -0.25) is 43.7 Å². The van der Waals surface area contributed by atoms with Gasteiger partial charge in [0, 0.05) is 132 Å². The van der Waals surface area contributed by atoms with Crippen molar-refractivity contribution in [2.75, 3.05) is 78.5 Å². The van der Waals surface area contributed by atoms with Crippen molar-refractivity contribution in [3.05, 3.63) is 334 Å². The van der Waals surface area contributed by atoms with E-state index in [-0.39, 0.29) is 107 Å². The van der Waals surface area contributed by atoms with Crippen LogP contribution in [0.15, 0.2) is 294 Å².